The zero-order valence-electron chi connectivity index (χ0n) is 13.0. The molecule has 2 unspecified atom stereocenters. The number of carboxylic acid groups (broad SMARTS) is 1. The summed E-state index contributed by atoms with van der Waals surface area (Å²) in [5, 5.41) is 8.17. The van der Waals surface area contributed by atoms with Gasteiger partial charge in [-0.25, -0.2) is 9.78 Å². The van der Waals surface area contributed by atoms with E-state index in [2.05, 4.69) is 25.4 Å². The van der Waals surface area contributed by atoms with Crippen molar-refractivity contribution in [3.05, 3.63) is 33.0 Å². The van der Waals surface area contributed by atoms with Crippen LogP contribution in [0.5, 0.6) is 0 Å². The van der Waals surface area contributed by atoms with Crippen LogP contribution in [0.2, 0.25) is 15.2 Å². The fourth-order valence-electron chi connectivity index (χ4n) is 3.62. The third-order valence-corrected chi connectivity index (χ3v) is 6.17. The second-order valence-electron chi connectivity index (χ2n) is 6.61. The Morgan fingerprint density at radius 3 is 2.26 bits per heavy atom. The van der Waals surface area contributed by atoms with Crippen molar-refractivity contribution < 1.29 is 9.90 Å². The van der Waals surface area contributed by atoms with E-state index in [9.17, 15) is 4.79 Å². The Kier molecular flexibility index (Phi) is 5.19. The zero-order valence-corrected chi connectivity index (χ0v) is 15.3. The molecule has 1 aromatic heterocycles. The second kappa shape index (κ2) is 6.50. The van der Waals surface area contributed by atoms with Crippen LogP contribution in [-0.4, -0.2) is 16.1 Å². The van der Waals surface area contributed by atoms with Gasteiger partial charge in [-0.3, -0.25) is 0 Å². The number of aromatic carboxylic acids is 1. The second-order valence-corrected chi connectivity index (χ2v) is 7.72. The molecule has 0 amide bonds. The lowest BCUT2D eigenvalue weighted by Crippen LogP contribution is -2.16. The Morgan fingerprint density at radius 1 is 1.30 bits per heavy atom. The van der Waals surface area contributed by atoms with Gasteiger partial charge in [0.2, 0.25) is 0 Å². The third kappa shape index (κ3) is 3.30. The third-order valence-electron chi connectivity index (χ3n) is 5.03. The lowest BCUT2D eigenvalue weighted by atomic mass is 9.82. The van der Waals surface area contributed by atoms with Crippen molar-refractivity contribution in [1.29, 1.82) is 0 Å². The molecule has 2 atom stereocenters. The van der Waals surface area contributed by atoms with E-state index in [1.807, 2.05) is 0 Å². The molecule has 3 N–H and O–H groups in total. The molecule has 1 aromatic rings. The van der Waals surface area contributed by atoms with Crippen LogP contribution >= 0.6 is 34.8 Å². The highest BCUT2D eigenvalue weighted by Crippen LogP contribution is 2.59. The number of pyridine rings is 1. The Morgan fingerprint density at radius 2 is 1.91 bits per heavy atom. The maximum atomic E-state index is 10.5. The van der Waals surface area contributed by atoms with Crippen molar-refractivity contribution in [3.8, 4) is 0 Å². The molecule has 0 spiro atoms. The molecule has 2 bridgehead atoms. The maximum Gasteiger partial charge on any atom is 0.356 e. The quantitative estimate of drug-likeness (QED) is 0.513. The highest BCUT2D eigenvalue weighted by Gasteiger charge is 2.49. The summed E-state index contributed by atoms with van der Waals surface area (Å²) in [5.41, 5.74) is 7.00. The Labute approximate surface area is 150 Å². The van der Waals surface area contributed by atoms with Crippen molar-refractivity contribution in [2.75, 3.05) is 5.73 Å². The number of nitrogen functional groups attached to an aromatic ring is 1. The molecular weight excluding hydrogens is 359 g/mol. The molecule has 0 saturated heterocycles. The first-order valence-corrected chi connectivity index (χ1v) is 8.41. The Hall–Kier alpha value is -0.970. The predicted octanol–water partition coefficient (Wildman–Crippen LogP) is 5.32. The van der Waals surface area contributed by atoms with Crippen molar-refractivity contribution in [1.82, 2.24) is 4.98 Å². The van der Waals surface area contributed by atoms with E-state index in [4.69, 9.17) is 45.6 Å². The highest BCUT2D eigenvalue weighted by atomic mass is 35.5. The van der Waals surface area contributed by atoms with Crippen LogP contribution in [0.15, 0.2) is 12.2 Å². The lowest BCUT2D eigenvalue weighted by molar-refractivity contribution is 0.0691. The van der Waals surface area contributed by atoms with Crippen LogP contribution in [0, 0.1) is 17.3 Å². The van der Waals surface area contributed by atoms with E-state index in [1.54, 1.807) is 0 Å². The summed E-state index contributed by atoms with van der Waals surface area (Å²) >= 11 is 16.6. The monoisotopic (exact) mass is 376 g/mol. The number of nitrogens with zero attached hydrogens (tertiary/aromatic N) is 1. The first-order valence-electron chi connectivity index (χ1n) is 7.28. The van der Waals surface area contributed by atoms with E-state index in [0.29, 0.717) is 5.41 Å². The molecule has 4 nitrogen and oxygen atoms in total. The van der Waals surface area contributed by atoms with E-state index in [0.717, 1.165) is 11.8 Å². The molecule has 1 heterocycles. The molecule has 2 fully saturated rings. The minimum atomic E-state index is -1.31. The summed E-state index contributed by atoms with van der Waals surface area (Å²) in [4.78, 5) is 14.0. The number of nitrogens with two attached hydrogens (primary N) is 1. The van der Waals surface area contributed by atoms with Crippen molar-refractivity contribution in [2.45, 2.75) is 33.1 Å². The fraction of sp³-hybridized carbons (Fsp3) is 0.500. The molecule has 126 valence electrons. The molecule has 0 radical (unpaired) electrons. The van der Waals surface area contributed by atoms with E-state index in [-0.39, 0.29) is 20.9 Å². The number of hydrogen-bond acceptors (Lipinski definition) is 3. The normalized spacial score (nSPS) is 24.3. The van der Waals surface area contributed by atoms with Gasteiger partial charge in [-0.1, -0.05) is 60.8 Å². The van der Waals surface area contributed by atoms with Gasteiger partial charge < -0.3 is 10.8 Å². The van der Waals surface area contributed by atoms with E-state index >= 15 is 0 Å². The number of fused-ring (bicyclic) bond motifs is 2. The van der Waals surface area contributed by atoms with Crippen molar-refractivity contribution in [2.24, 2.45) is 17.3 Å². The molecule has 7 heteroatoms. The van der Waals surface area contributed by atoms with Crippen LogP contribution in [0.1, 0.15) is 43.6 Å². The molecule has 2 aliphatic carbocycles. The lowest BCUT2D eigenvalue weighted by Gasteiger charge is -2.23. The van der Waals surface area contributed by atoms with Gasteiger partial charge in [0.15, 0.2) is 10.8 Å². The number of carboxylic acids is 1. The summed E-state index contributed by atoms with van der Waals surface area (Å²) in [5.74, 6) is 0.512. The molecule has 0 aromatic carbocycles. The largest absolute Gasteiger partial charge is 0.476 e. The van der Waals surface area contributed by atoms with Crippen LogP contribution < -0.4 is 5.73 Å². The average molecular weight is 378 g/mol. The fourth-order valence-corrected chi connectivity index (χ4v) is 4.21. The van der Waals surface area contributed by atoms with Gasteiger partial charge in [0, 0.05) is 0 Å². The van der Waals surface area contributed by atoms with Gasteiger partial charge in [0.1, 0.15) is 5.02 Å². The smallest absolute Gasteiger partial charge is 0.356 e. The van der Waals surface area contributed by atoms with Gasteiger partial charge in [-0.05, 0) is 36.5 Å². The molecular formula is C16H19Cl3N2O2. The van der Waals surface area contributed by atoms with Gasteiger partial charge in [0.05, 0.1) is 10.7 Å². The maximum absolute atomic E-state index is 10.5. The summed E-state index contributed by atoms with van der Waals surface area (Å²) in [6, 6.07) is 0. The van der Waals surface area contributed by atoms with Crippen molar-refractivity contribution >= 4 is 46.5 Å². The number of halogens is 3. The number of aromatic nitrogens is 1. The van der Waals surface area contributed by atoms with Crippen LogP contribution in [0.25, 0.3) is 0 Å². The van der Waals surface area contributed by atoms with Crippen LogP contribution in [0.3, 0.4) is 0 Å². The minimum Gasteiger partial charge on any atom is -0.476 e. The van der Waals surface area contributed by atoms with Gasteiger partial charge in [-0.15, -0.1) is 0 Å². The summed E-state index contributed by atoms with van der Waals surface area (Å²) in [6.45, 7) is 8.95. The number of rotatable bonds is 1. The molecule has 2 saturated carbocycles. The first kappa shape index (κ1) is 18.4. The first-order chi connectivity index (χ1) is 10.6. The standard InChI is InChI=1S/C10H16.C6H3Cl3N2O2/c1-7-6-8-4-5-9(7)10(8,2)3;7-1-3(10)2(8)5(9)11-4(1)6(12)13/h8-9H,1,4-6H2,2-3H3;(H2,10,11)(H,12,13). The number of hydrogen-bond donors (Lipinski definition) is 2. The summed E-state index contributed by atoms with van der Waals surface area (Å²) < 4.78 is 0. The van der Waals surface area contributed by atoms with E-state index < -0.39 is 11.7 Å². The Bertz CT molecular complexity index is 674. The summed E-state index contributed by atoms with van der Waals surface area (Å²) in [6.07, 6.45) is 4.19. The van der Waals surface area contributed by atoms with Crippen LogP contribution in [-0.2, 0) is 0 Å². The van der Waals surface area contributed by atoms with Gasteiger partial charge >= 0.3 is 5.97 Å². The molecule has 3 rings (SSSR count). The number of anilines is 1. The average Bonchev–Trinajstić information content (AvgIpc) is 2.87. The number of carbonyl (C=O) groups is 1. The zero-order chi connectivity index (χ0) is 17.5. The van der Waals surface area contributed by atoms with Crippen molar-refractivity contribution in [3.63, 3.8) is 0 Å². The van der Waals surface area contributed by atoms with Gasteiger partial charge in [0.25, 0.3) is 0 Å². The van der Waals surface area contributed by atoms with Crippen LogP contribution in [0.4, 0.5) is 5.69 Å². The SMILES string of the molecule is C=C1CC2CCC1C2(C)C.Nc1c(Cl)c(Cl)nc(C(=O)O)c1Cl. The molecule has 23 heavy (non-hydrogen) atoms. The summed E-state index contributed by atoms with van der Waals surface area (Å²) in [7, 11) is 0. The highest BCUT2D eigenvalue weighted by molar-refractivity contribution is 6.46. The van der Waals surface area contributed by atoms with E-state index in [1.165, 1.54) is 24.8 Å². The Balaban J connectivity index is 0.000000172. The van der Waals surface area contributed by atoms with Gasteiger partial charge in [-0.2, -0.15) is 0 Å². The predicted molar refractivity (Wildman–Crippen MR) is 94.4 cm³/mol. The topological polar surface area (TPSA) is 76.2 Å². The number of allylic oxidation sites excluding steroid dienone is 1. The minimum absolute atomic E-state index is 0.0448. The molecule has 2 aliphatic rings. The molecule has 0 aliphatic heterocycles.